The van der Waals surface area contributed by atoms with Crippen LogP contribution >= 0.6 is 27.5 Å². The van der Waals surface area contributed by atoms with E-state index in [1.807, 2.05) is 0 Å². The first-order valence-electron chi connectivity index (χ1n) is 4.63. The first kappa shape index (κ1) is 12.0. The summed E-state index contributed by atoms with van der Waals surface area (Å²) in [6.07, 6.45) is 1.72. The second-order valence-electron chi connectivity index (χ2n) is 3.53. The van der Waals surface area contributed by atoms with E-state index >= 15 is 0 Å². The molecular weight excluding hydrogens is 266 g/mol. The molecule has 78 valence electrons. The van der Waals surface area contributed by atoms with Crippen LogP contribution in [0.4, 0.5) is 4.39 Å². The van der Waals surface area contributed by atoms with Gasteiger partial charge in [0.15, 0.2) is 0 Å². The Morgan fingerprint density at radius 1 is 1.50 bits per heavy atom. The van der Waals surface area contributed by atoms with Gasteiger partial charge < -0.3 is 0 Å². The lowest BCUT2D eigenvalue weighted by atomic mass is 10.0. The Morgan fingerprint density at radius 3 is 2.86 bits per heavy atom. The van der Waals surface area contributed by atoms with E-state index in [9.17, 15) is 4.39 Å². The second-order valence-corrected chi connectivity index (χ2v) is 4.62. The molecule has 0 fully saturated rings. The number of alkyl halides is 1. The molecule has 0 aliphatic rings. The number of hydrogen-bond acceptors (Lipinski definition) is 0. The van der Waals surface area contributed by atoms with Crippen LogP contribution in [-0.4, -0.2) is 5.33 Å². The Bertz CT molecular complexity index is 301. The molecule has 3 heteroatoms. The van der Waals surface area contributed by atoms with Gasteiger partial charge in [0.1, 0.15) is 5.82 Å². The minimum atomic E-state index is -0.156. The van der Waals surface area contributed by atoms with Crippen LogP contribution in [0.15, 0.2) is 18.2 Å². The highest BCUT2D eigenvalue weighted by Crippen LogP contribution is 2.18. The predicted molar refractivity (Wildman–Crippen MR) is 62.7 cm³/mol. The zero-order chi connectivity index (χ0) is 10.6. The van der Waals surface area contributed by atoms with Gasteiger partial charge >= 0.3 is 0 Å². The maximum absolute atomic E-state index is 13.3. The maximum Gasteiger partial charge on any atom is 0.126 e. The fraction of sp³-hybridized carbons (Fsp3) is 0.455. The van der Waals surface area contributed by atoms with Gasteiger partial charge in [-0.15, -0.1) is 0 Å². The van der Waals surface area contributed by atoms with E-state index in [2.05, 4.69) is 22.9 Å². The standard InChI is InChI=1S/C11H13BrClF/c1-8(7-12)2-3-9-6-10(13)4-5-11(9)14/h4-6,8H,2-3,7H2,1H3. The van der Waals surface area contributed by atoms with Gasteiger partial charge in [0.05, 0.1) is 0 Å². The highest BCUT2D eigenvalue weighted by molar-refractivity contribution is 9.09. The molecule has 0 amide bonds. The zero-order valence-corrected chi connectivity index (χ0v) is 10.4. The van der Waals surface area contributed by atoms with Crippen LogP contribution in [0, 0.1) is 11.7 Å². The van der Waals surface area contributed by atoms with Crippen LogP contribution in [0.2, 0.25) is 5.02 Å². The largest absolute Gasteiger partial charge is 0.207 e. The van der Waals surface area contributed by atoms with Gasteiger partial charge in [-0.1, -0.05) is 34.5 Å². The SMILES string of the molecule is CC(CBr)CCc1cc(Cl)ccc1F. The van der Waals surface area contributed by atoms with E-state index in [1.54, 1.807) is 12.1 Å². The molecule has 0 saturated heterocycles. The molecule has 0 N–H and O–H groups in total. The zero-order valence-electron chi connectivity index (χ0n) is 8.06. The van der Waals surface area contributed by atoms with Crippen LogP contribution in [0.1, 0.15) is 18.9 Å². The minimum absolute atomic E-state index is 0.156. The Morgan fingerprint density at radius 2 is 2.21 bits per heavy atom. The van der Waals surface area contributed by atoms with Crippen molar-refractivity contribution in [2.24, 2.45) is 5.92 Å². The van der Waals surface area contributed by atoms with Crippen LogP contribution in [0.3, 0.4) is 0 Å². The monoisotopic (exact) mass is 278 g/mol. The molecule has 0 aliphatic carbocycles. The number of hydrogen-bond donors (Lipinski definition) is 0. The van der Waals surface area contributed by atoms with Crippen molar-refractivity contribution in [2.45, 2.75) is 19.8 Å². The summed E-state index contributed by atoms with van der Waals surface area (Å²) in [5, 5.41) is 1.56. The molecule has 1 aromatic rings. The van der Waals surface area contributed by atoms with Crippen molar-refractivity contribution in [3.63, 3.8) is 0 Å². The van der Waals surface area contributed by atoms with Crippen molar-refractivity contribution in [3.05, 3.63) is 34.6 Å². The van der Waals surface area contributed by atoms with Gasteiger partial charge in [0, 0.05) is 10.4 Å². The highest BCUT2D eigenvalue weighted by atomic mass is 79.9. The van der Waals surface area contributed by atoms with E-state index < -0.39 is 0 Å². The molecule has 1 rings (SSSR count). The van der Waals surface area contributed by atoms with E-state index in [4.69, 9.17) is 11.6 Å². The Balaban J connectivity index is 2.62. The average molecular weight is 280 g/mol. The van der Waals surface area contributed by atoms with Crippen molar-refractivity contribution in [3.8, 4) is 0 Å². The minimum Gasteiger partial charge on any atom is -0.207 e. The lowest BCUT2D eigenvalue weighted by Crippen LogP contribution is -1.99. The molecule has 0 nitrogen and oxygen atoms in total. The maximum atomic E-state index is 13.3. The smallest absolute Gasteiger partial charge is 0.126 e. The summed E-state index contributed by atoms with van der Waals surface area (Å²) in [5.41, 5.74) is 0.713. The van der Waals surface area contributed by atoms with Gasteiger partial charge in [-0.05, 0) is 42.5 Å². The second kappa shape index (κ2) is 5.72. The van der Waals surface area contributed by atoms with E-state index in [0.717, 1.165) is 18.2 Å². The van der Waals surface area contributed by atoms with Crippen LogP contribution in [-0.2, 0) is 6.42 Å². The number of benzene rings is 1. The van der Waals surface area contributed by atoms with Crippen molar-refractivity contribution in [1.29, 1.82) is 0 Å². The molecule has 14 heavy (non-hydrogen) atoms. The molecular formula is C11H13BrClF. The fourth-order valence-electron chi connectivity index (χ4n) is 1.21. The summed E-state index contributed by atoms with van der Waals surface area (Å²) in [6, 6.07) is 4.71. The van der Waals surface area contributed by atoms with Gasteiger partial charge in [-0.25, -0.2) is 4.39 Å². The Labute approximate surface area is 97.6 Å². The van der Waals surface area contributed by atoms with Gasteiger partial charge in [0.2, 0.25) is 0 Å². The van der Waals surface area contributed by atoms with Crippen molar-refractivity contribution < 1.29 is 4.39 Å². The lowest BCUT2D eigenvalue weighted by Gasteiger charge is -2.08. The predicted octanol–water partition coefficient (Wildman–Crippen LogP) is 4.44. The molecule has 0 bridgehead atoms. The lowest BCUT2D eigenvalue weighted by molar-refractivity contribution is 0.565. The summed E-state index contributed by atoms with van der Waals surface area (Å²) < 4.78 is 13.3. The summed E-state index contributed by atoms with van der Waals surface area (Å²) in [6.45, 7) is 2.14. The third kappa shape index (κ3) is 3.58. The van der Waals surface area contributed by atoms with Crippen LogP contribution in [0.5, 0.6) is 0 Å². The molecule has 1 aromatic carbocycles. The van der Waals surface area contributed by atoms with Gasteiger partial charge in [0.25, 0.3) is 0 Å². The van der Waals surface area contributed by atoms with Crippen LogP contribution < -0.4 is 0 Å². The Hall–Kier alpha value is -0.0800. The topological polar surface area (TPSA) is 0 Å². The summed E-state index contributed by atoms with van der Waals surface area (Å²) >= 11 is 9.19. The number of halogens is 3. The van der Waals surface area contributed by atoms with Crippen molar-refractivity contribution in [2.75, 3.05) is 5.33 Å². The van der Waals surface area contributed by atoms with Crippen molar-refractivity contribution in [1.82, 2.24) is 0 Å². The van der Waals surface area contributed by atoms with Gasteiger partial charge in [-0.3, -0.25) is 0 Å². The van der Waals surface area contributed by atoms with E-state index in [-0.39, 0.29) is 5.82 Å². The summed E-state index contributed by atoms with van der Waals surface area (Å²) in [7, 11) is 0. The van der Waals surface area contributed by atoms with E-state index in [1.165, 1.54) is 6.07 Å². The quantitative estimate of drug-likeness (QED) is 0.715. The third-order valence-electron chi connectivity index (χ3n) is 2.18. The number of aryl methyl sites for hydroxylation is 1. The highest BCUT2D eigenvalue weighted by Gasteiger charge is 2.05. The molecule has 0 aliphatic heterocycles. The first-order chi connectivity index (χ1) is 6.63. The summed E-state index contributed by atoms with van der Waals surface area (Å²) in [5.74, 6) is 0.407. The molecule has 0 saturated carbocycles. The molecule has 0 spiro atoms. The fourth-order valence-corrected chi connectivity index (χ4v) is 1.73. The van der Waals surface area contributed by atoms with Crippen LogP contribution in [0.25, 0.3) is 0 Å². The van der Waals surface area contributed by atoms with E-state index in [0.29, 0.717) is 16.5 Å². The number of rotatable bonds is 4. The first-order valence-corrected chi connectivity index (χ1v) is 6.13. The molecule has 0 aromatic heterocycles. The molecule has 1 atom stereocenters. The van der Waals surface area contributed by atoms with Gasteiger partial charge in [-0.2, -0.15) is 0 Å². The molecule has 1 unspecified atom stereocenters. The molecule has 0 radical (unpaired) electrons. The average Bonchev–Trinajstić information content (AvgIpc) is 2.19. The summed E-state index contributed by atoms with van der Waals surface area (Å²) in [4.78, 5) is 0. The third-order valence-corrected chi connectivity index (χ3v) is 3.52. The normalized spacial score (nSPS) is 12.9. The Kier molecular flexibility index (Phi) is 4.90. The molecule has 0 heterocycles. The van der Waals surface area contributed by atoms with Crippen molar-refractivity contribution >= 4 is 27.5 Å².